The minimum Gasteiger partial charge on any atom is -0.456 e. The molecule has 0 bridgehead atoms. The van der Waals surface area contributed by atoms with Crippen LogP contribution in [0.1, 0.15) is 0 Å². The van der Waals surface area contributed by atoms with Gasteiger partial charge in [0.05, 0.1) is 0 Å². The summed E-state index contributed by atoms with van der Waals surface area (Å²) in [7, 11) is 94.5. The fourth-order valence-electron chi connectivity index (χ4n) is 8.68. The van der Waals surface area contributed by atoms with Crippen LogP contribution in [0.4, 0.5) is 17.1 Å². The van der Waals surface area contributed by atoms with E-state index in [0.717, 1.165) is 47.7 Å². The summed E-state index contributed by atoms with van der Waals surface area (Å²) in [6.45, 7) is 0. The summed E-state index contributed by atoms with van der Waals surface area (Å²) < 4.78 is 8.40. The lowest BCUT2D eigenvalue weighted by atomic mass is 9.59. The third kappa shape index (κ3) is 5.61. The smallest absolute Gasteiger partial charge is 0.136 e. The van der Waals surface area contributed by atoms with Crippen LogP contribution in [0.5, 0.6) is 0 Å². The van der Waals surface area contributed by atoms with Crippen molar-refractivity contribution < 1.29 is 4.42 Å². The Morgan fingerprint density at radius 1 is 0.377 bits per heavy atom. The number of hydrogen-bond donors (Lipinski definition) is 0. The Morgan fingerprint density at radius 2 is 0.836 bits per heavy atom. The van der Waals surface area contributed by atoms with E-state index in [9.17, 15) is 0 Å². The highest BCUT2D eigenvalue weighted by atomic mass is 32.1. The number of anilines is 3. The molecule has 2 heterocycles. The minimum atomic E-state index is -0.0251. The van der Waals surface area contributed by atoms with Gasteiger partial charge < -0.3 is 9.32 Å². The van der Waals surface area contributed by atoms with Gasteiger partial charge in [-0.25, -0.2) is 0 Å². The zero-order chi connectivity index (χ0) is 43.1. The molecule has 8 aromatic carbocycles. The van der Waals surface area contributed by atoms with Gasteiger partial charge in [-0.3, -0.25) is 0 Å². The molecule has 0 aliphatic rings. The van der Waals surface area contributed by atoms with Gasteiger partial charge in [-0.05, 0) is 63.5 Å². The lowest BCUT2D eigenvalue weighted by Gasteiger charge is -2.37. The van der Waals surface area contributed by atoms with E-state index in [1.165, 1.54) is 0 Å². The molecule has 61 heavy (non-hydrogen) atoms. The van der Waals surface area contributed by atoms with Crippen molar-refractivity contribution in [2.75, 3.05) is 4.90 Å². The molecule has 10 aromatic rings. The first-order valence-electron chi connectivity index (χ1n) is 18.8. The van der Waals surface area contributed by atoms with Crippen molar-refractivity contribution in [2.45, 2.75) is 0 Å². The zero-order valence-corrected chi connectivity index (χ0v) is 33.2. The summed E-state index contributed by atoms with van der Waals surface area (Å²) >= 11 is 1.64. The molecule has 0 fully saturated rings. The molecule has 28 radical (unpaired) electrons. The third-order valence-corrected chi connectivity index (χ3v) is 13.1. The molecule has 0 saturated carbocycles. The van der Waals surface area contributed by atoms with Crippen LogP contribution >= 0.6 is 11.3 Å². The summed E-state index contributed by atoms with van der Waals surface area (Å²) in [5, 5.41) is 4.66. The Morgan fingerprint density at radius 3 is 1.39 bits per heavy atom. The molecule has 2 aromatic heterocycles. The van der Waals surface area contributed by atoms with E-state index in [0.29, 0.717) is 11.3 Å². The molecule has 17 heteroatoms. The maximum atomic E-state index is 7.12. The maximum Gasteiger partial charge on any atom is 0.136 e. The number of thiophene rings is 1. The second-order valence-corrected chi connectivity index (χ2v) is 16.2. The number of para-hydroxylation sites is 1. The highest BCUT2D eigenvalue weighted by molar-refractivity contribution is 7.26. The maximum absolute atomic E-state index is 7.12. The highest BCUT2D eigenvalue weighted by Crippen LogP contribution is 2.47. The van der Waals surface area contributed by atoms with Crippen molar-refractivity contribution >= 4 is 278 Å². The molecule has 0 unspecified atom stereocenters. The van der Waals surface area contributed by atoms with E-state index in [-0.39, 0.29) is 109 Å². The molecule has 10 rings (SSSR count). The van der Waals surface area contributed by atoms with Gasteiger partial charge in [0.25, 0.3) is 0 Å². The topological polar surface area (TPSA) is 16.4 Å². The lowest BCUT2D eigenvalue weighted by molar-refractivity contribution is 0.669. The average Bonchev–Trinajstić information content (AvgIpc) is 3.83. The normalized spacial score (nSPS) is 11.9. The number of nitrogens with zero attached hydrogens (tertiary/aromatic N) is 1. The van der Waals surface area contributed by atoms with Crippen molar-refractivity contribution in [3.05, 3.63) is 78.9 Å². The molecule has 0 amide bonds. The molecule has 0 N–H and O–H groups in total. The van der Waals surface area contributed by atoms with Crippen LogP contribution in [0.3, 0.4) is 0 Å². The summed E-state index contributed by atoms with van der Waals surface area (Å²) in [5.41, 5.74) is 4.01. The fourth-order valence-corrected chi connectivity index (χ4v) is 9.90. The number of benzene rings is 8. The van der Waals surface area contributed by atoms with Crippen LogP contribution in [-0.2, 0) is 0 Å². The Balaban J connectivity index is 1.44. The largest absolute Gasteiger partial charge is 0.456 e. The predicted octanol–water partition coefficient (Wildman–Crippen LogP) is -3.49. The Bertz CT molecular complexity index is 3480. The van der Waals surface area contributed by atoms with Crippen molar-refractivity contribution in [1.29, 1.82) is 0 Å². The van der Waals surface area contributed by atoms with Gasteiger partial charge >= 0.3 is 0 Å². The lowest BCUT2D eigenvalue weighted by Crippen LogP contribution is -2.54. The monoisotopic (exact) mass is 757 g/mol. The van der Waals surface area contributed by atoms with Gasteiger partial charge in [-0.2, -0.15) is 0 Å². The average molecular weight is 755 g/mol. The standard InChI is InChI=1S/C44H13B14NOS/c45-28-24-26(32(49)36(53)34(28)51)42(40(57)38(55)30(24)47)59(43-27-25(31(48)39(56)41(43)58)29(46)35(52)37(54)33(27)50)15-12-19(44-20(13-15)18-6-2-4-8-23(18)61-44)14-9-10-17-16-5-1-3-7-21(16)60-22(17)11-14/h1-13H. The van der Waals surface area contributed by atoms with Crippen LogP contribution in [0, 0.1) is 0 Å². The van der Waals surface area contributed by atoms with E-state index < -0.39 is 0 Å². The number of rotatable bonds is 4. The highest BCUT2D eigenvalue weighted by Gasteiger charge is 2.29. The van der Waals surface area contributed by atoms with Crippen molar-refractivity contribution in [3.63, 3.8) is 0 Å². The molecule has 2 nitrogen and oxygen atoms in total. The van der Waals surface area contributed by atoms with Crippen molar-refractivity contribution in [3.8, 4) is 11.1 Å². The van der Waals surface area contributed by atoms with Gasteiger partial charge in [-0.1, -0.05) is 86.2 Å². The molecule has 0 saturated heterocycles. The quantitative estimate of drug-likeness (QED) is 0.174. The van der Waals surface area contributed by atoms with E-state index in [4.69, 9.17) is 114 Å². The second-order valence-electron chi connectivity index (χ2n) is 15.1. The number of fused-ring (bicyclic) bond motifs is 8. The summed E-state index contributed by atoms with van der Waals surface area (Å²) in [6, 6.07) is 26.1. The van der Waals surface area contributed by atoms with Gasteiger partial charge in [0.1, 0.15) is 121 Å². The summed E-state index contributed by atoms with van der Waals surface area (Å²) in [6.07, 6.45) is 0. The summed E-state index contributed by atoms with van der Waals surface area (Å²) in [4.78, 5) is 1.73. The number of furan rings is 1. The first kappa shape index (κ1) is 40.1. The molecular formula is C44H13B14NOS. The molecule has 0 atom stereocenters. The Kier molecular flexibility index (Phi) is 9.39. The van der Waals surface area contributed by atoms with E-state index in [2.05, 4.69) is 18.2 Å². The molecule has 0 aliphatic heterocycles. The van der Waals surface area contributed by atoms with Gasteiger partial charge in [0.15, 0.2) is 0 Å². The molecule has 248 valence electrons. The Labute approximate surface area is 375 Å². The summed E-state index contributed by atoms with van der Waals surface area (Å²) in [5.74, 6) is 0. The molecule has 0 spiro atoms. The van der Waals surface area contributed by atoms with Crippen LogP contribution in [0.15, 0.2) is 83.3 Å². The Hall–Kier alpha value is -4.99. The SMILES string of the molecule is [B]c1c([B])c([B])c2c(N(c3cc(-c4ccc5c(c4)oc4ccccc45)c4sc5ccccc5c4c3)c3c([B])c([B])c([B])c4c([B])c([B])c([B])c([B])c34)c([B])c([B])c([B])c2c1[B]. The number of hydrogen-bond acceptors (Lipinski definition) is 3. The van der Waals surface area contributed by atoms with E-state index >= 15 is 0 Å². The molecule has 0 aliphatic carbocycles. The van der Waals surface area contributed by atoms with E-state index in [1.807, 2.05) is 60.7 Å². The van der Waals surface area contributed by atoms with Crippen LogP contribution in [0.2, 0.25) is 0 Å². The first-order chi connectivity index (χ1) is 29.1. The van der Waals surface area contributed by atoms with Crippen LogP contribution < -0.4 is 81.4 Å². The van der Waals surface area contributed by atoms with Crippen molar-refractivity contribution in [1.82, 2.24) is 0 Å². The van der Waals surface area contributed by atoms with Gasteiger partial charge in [0.2, 0.25) is 0 Å². The van der Waals surface area contributed by atoms with Crippen molar-refractivity contribution in [2.24, 2.45) is 0 Å². The van der Waals surface area contributed by atoms with Gasteiger partial charge in [-0.15, -0.1) is 44.1 Å². The molecular weight excluding hydrogens is 742 g/mol. The first-order valence-corrected chi connectivity index (χ1v) is 19.6. The van der Waals surface area contributed by atoms with Crippen LogP contribution in [0.25, 0.3) is 74.8 Å². The van der Waals surface area contributed by atoms with Crippen LogP contribution in [-0.4, -0.2) is 110 Å². The third-order valence-electron chi connectivity index (χ3n) is 11.9. The zero-order valence-electron chi connectivity index (χ0n) is 32.4. The second kappa shape index (κ2) is 14.3. The predicted molar refractivity (Wildman–Crippen MR) is 277 cm³/mol. The minimum absolute atomic E-state index is 0.00904. The fraction of sp³-hybridized carbons (Fsp3) is 0. The van der Waals surface area contributed by atoms with E-state index in [1.54, 1.807) is 16.2 Å². The van der Waals surface area contributed by atoms with Gasteiger partial charge in [0, 0.05) is 53.6 Å².